The van der Waals surface area contributed by atoms with Crippen LogP contribution in [0.5, 0.6) is 5.75 Å². The van der Waals surface area contributed by atoms with Gasteiger partial charge in [0.15, 0.2) is 0 Å². The fraction of sp³-hybridized carbons (Fsp3) is 0.167. The first kappa shape index (κ1) is 15.7. The van der Waals surface area contributed by atoms with Crippen molar-refractivity contribution in [2.45, 2.75) is 13.3 Å². The van der Waals surface area contributed by atoms with E-state index in [2.05, 4.69) is 16.8 Å². The SMILES string of the molecule is C=CC(=O)OCCc1cc(-n2nc3ccccc3n2)cc(C)c1O. The highest BCUT2D eigenvalue weighted by atomic mass is 16.5. The van der Waals surface area contributed by atoms with Gasteiger partial charge in [0.05, 0.1) is 12.3 Å². The van der Waals surface area contributed by atoms with Crippen molar-refractivity contribution in [2.24, 2.45) is 0 Å². The maximum Gasteiger partial charge on any atom is 0.330 e. The minimum atomic E-state index is -0.484. The number of phenolic OH excluding ortho intramolecular Hbond substituents is 1. The Morgan fingerprint density at radius 1 is 1.29 bits per heavy atom. The number of nitrogens with zero attached hydrogens (tertiary/aromatic N) is 3. The van der Waals surface area contributed by atoms with Crippen molar-refractivity contribution in [1.82, 2.24) is 15.0 Å². The maximum absolute atomic E-state index is 11.1. The molecule has 6 heteroatoms. The topological polar surface area (TPSA) is 77.2 Å². The van der Waals surface area contributed by atoms with Crippen LogP contribution < -0.4 is 0 Å². The molecule has 1 heterocycles. The van der Waals surface area contributed by atoms with Gasteiger partial charge in [0.25, 0.3) is 0 Å². The monoisotopic (exact) mass is 323 g/mol. The summed E-state index contributed by atoms with van der Waals surface area (Å²) in [4.78, 5) is 12.7. The summed E-state index contributed by atoms with van der Waals surface area (Å²) in [5.74, 6) is -0.299. The Balaban J connectivity index is 1.91. The largest absolute Gasteiger partial charge is 0.507 e. The zero-order chi connectivity index (χ0) is 17.1. The van der Waals surface area contributed by atoms with Crippen molar-refractivity contribution in [2.75, 3.05) is 6.61 Å². The third-order valence-electron chi connectivity index (χ3n) is 3.66. The van der Waals surface area contributed by atoms with Gasteiger partial charge in [-0.3, -0.25) is 0 Å². The van der Waals surface area contributed by atoms with E-state index in [1.807, 2.05) is 30.3 Å². The van der Waals surface area contributed by atoms with Crippen molar-refractivity contribution < 1.29 is 14.6 Å². The normalized spacial score (nSPS) is 10.7. The molecule has 0 saturated carbocycles. The Morgan fingerprint density at radius 3 is 2.58 bits per heavy atom. The second-order valence-corrected chi connectivity index (χ2v) is 5.37. The van der Waals surface area contributed by atoms with Gasteiger partial charge in [-0.05, 0) is 42.3 Å². The zero-order valence-corrected chi connectivity index (χ0v) is 13.3. The summed E-state index contributed by atoms with van der Waals surface area (Å²) in [6.07, 6.45) is 1.50. The fourth-order valence-corrected chi connectivity index (χ4v) is 2.43. The molecule has 3 aromatic rings. The molecule has 6 nitrogen and oxygen atoms in total. The maximum atomic E-state index is 11.1. The van der Waals surface area contributed by atoms with Crippen LogP contribution in [0.25, 0.3) is 16.7 Å². The summed E-state index contributed by atoms with van der Waals surface area (Å²) in [7, 11) is 0. The van der Waals surface area contributed by atoms with Gasteiger partial charge in [-0.15, -0.1) is 10.2 Å². The van der Waals surface area contributed by atoms with Crippen LogP contribution in [0.1, 0.15) is 11.1 Å². The van der Waals surface area contributed by atoms with Gasteiger partial charge in [-0.2, -0.15) is 4.80 Å². The van der Waals surface area contributed by atoms with E-state index in [4.69, 9.17) is 4.74 Å². The minimum absolute atomic E-state index is 0.163. The highest BCUT2D eigenvalue weighted by molar-refractivity contribution is 5.81. The molecule has 3 rings (SSSR count). The lowest BCUT2D eigenvalue weighted by molar-refractivity contribution is -0.137. The molecule has 2 aromatic carbocycles. The van der Waals surface area contributed by atoms with Crippen molar-refractivity contribution in [3.8, 4) is 11.4 Å². The minimum Gasteiger partial charge on any atom is -0.507 e. The molecule has 0 bridgehead atoms. The molecular weight excluding hydrogens is 306 g/mol. The number of aromatic hydroxyl groups is 1. The van der Waals surface area contributed by atoms with Gasteiger partial charge in [0, 0.05) is 12.5 Å². The average molecular weight is 323 g/mol. The predicted octanol–water partition coefficient (Wildman–Crippen LogP) is 2.71. The van der Waals surface area contributed by atoms with Crippen molar-refractivity contribution in [3.05, 3.63) is 60.2 Å². The molecule has 0 atom stereocenters. The zero-order valence-electron chi connectivity index (χ0n) is 13.3. The summed E-state index contributed by atoms with van der Waals surface area (Å²) in [5.41, 5.74) is 3.71. The highest BCUT2D eigenvalue weighted by Crippen LogP contribution is 2.26. The Labute approximate surface area is 139 Å². The summed E-state index contributed by atoms with van der Waals surface area (Å²) >= 11 is 0. The Hall–Kier alpha value is -3.15. The standard InChI is InChI=1S/C18H17N3O3/c1-3-17(22)24-9-8-13-11-14(10-12(2)18(13)23)21-19-15-6-4-5-7-16(15)20-21/h3-7,10-11,23H,1,8-9H2,2H3. The first-order valence-corrected chi connectivity index (χ1v) is 7.52. The lowest BCUT2D eigenvalue weighted by Crippen LogP contribution is -2.06. The van der Waals surface area contributed by atoms with E-state index in [1.54, 1.807) is 13.0 Å². The van der Waals surface area contributed by atoms with Crippen molar-refractivity contribution in [3.63, 3.8) is 0 Å². The number of ether oxygens (including phenoxy) is 1. The van der Waals surface area contributed by atoms with Gasteiger partial charge >= 0.3 is 5.97 Å². The number of hydrogen-bond acceptors (Lipinski definition) is 5. The third-order valence-corrected chi connectivity index (χ3v) is 3.66. The molecule has 0 aliphatic heterocycles. The summed E-state index contributed by atoms with van der Waals surface area (Å²) in [6.45, 7) is 5.32. The van der Waals surface area contributed by atoms with Gasteiger partial charge in [0.2, 0.25) is 0 Å². The molecule has 0 aliphatic carbocycles. The van der Waals surface area contributed by atoms with Crippen LogP contribution >= 0.6 is 0 Å². The van der Waals surface area contributed by atoms with Gasteiger partial charge < -0.3 is 9.84 Å². The molecule has 0 amide bonds. The van der Waals surface area contributed by atoms with Crippen LogP contribution in [0.4, 0.5) is 0 Å². The number of rotatable bonds is 5. The van der Waals surface area contributed by atoms with Gasteiger partial charge in [-0.1, -0.05) is 18.7 Å². The molecular formula is C18H17N3O3. The Bertz CT molecular complexity index is 882. The Kier molecular flexibility index (Phi) is 4.29. The molecule has 0 saturated heterocycles. The number of phenols is 1. The van der Waals surface area contributed by atoms with Crippen molar-refractivity contribution >= 4 is 17.0 Å². The lowest BCUT2D eigenvalue weighted by Gasteiger charge is -2.10. The van der Waals surface area contributed by atoms with E-state index in [0.717, 1.165) is 22.8 Å². The lowest BCUT2D eigenvalue weighted by atomic mass is 10.1. The molecule has 0 aliphatic rings. The van der Waals surface area contributed by atoms with E-state index >= 15 is 0 Å². The number of aryl methyl sites for hydroxylation is 1. The number of esters is 1. The van der Waals surface area contributed by atoms with E-state index in [-0.39, 0.29) is 12.4 Å². The van der Waals surface area contributed by atoms with Gasteiger partial charge in [0.1, 0.15) is 16.8 Å². The van der Waals surface area contributed by atoms with E-state index < -0.39 is 5.97 Å². The summed E-state index contributed by atoms with van der Waals surface area (Å²) < 4.78 is 4.98. The van der Waals surface area contributed by atoms with Gasteiger partial charge in [-0.25, -0.2) is 4.79 Å². The first-order chi connectivity index (χ1) is 11.6. The van der Waals surface area contributed by atoms with E-state index in [1.165, 1.54) is 4.80 Å². The highest BCUT2D eigenvalue weighted by Gasteiger charge is 2.11. The molecule has 1 N–H and O–H groups in total. The third kappa shape index (κ3) is 3.12. The number of hydrogen-bond donors (Lipinski definition) is 1. The molecule has 0 spiro atoms. The van der Waals surface area contributed by atoms with Crippen LogP contribution in [0.15, 0.2) is 49.1 Å². The first-order valence-electron chi connectivity index (χ1n) is 7.52. The second-order valence-electron chi connectivity index (χ2n) is 5.37. The molecule has 0 fully saturated rings. The van der Waals surface area contributed by atoms with Crippen LogP contribution in [0.3, 0.4) is 0 Å². The number of carbonyl (C=O) groups is 1. The number of fused-ring (bicyclic) bond motifs is 1. The fourth-order valence-electron chi connectivity index (χ4n) is 2.43. The average Bonchev–Trinajstić information content (AvgIpc) is 3.02. The van der Waals surface area contributed by atoms with Crippen LogP contribution in [0.2, 0.25) is 0 Å². The smallest absolute Gasteiger partial charge is 0.330 e. The Morgan fingerprint density at radius 2 is 1.96 bits per heavy atom. The number of aromatic nitrogens is 3. The predicted molar refractivity (Wildman–Crippen MR) is 90.1 cm³/mol. The second kappa shape index (κ2) is 6.54. The van der Waals surface area contributed by atoms with E-state index in [0.29, 0.717) is 17.5 Å². The van der Waals surface area contributed by atoms with Crippen LogP contribution in [-0.4, -0.2) is 32.7 Å². The number of carbonyl (C=O) groups excluding carboxylic acids is 1. The van der Waals surface area contributed by atoms with E-state index in [9.17, 15) is 9.90 Å². The molecule has 122 valence electrons. The molecule has 0 unspecified atom stereocenters. The summed E-state index contributed by atoms with van der Waals surface area (Å²) in [6, 6.07) is 11.2. The summed E-state index contributed by atoms with van der Waals surface area (Å²) in [5, 5.41) is 19.1. The quantitative estimate of drug-likeness (QED) is 0.577. The van der Waals surface area contributed by atoms with Crippen molar-refractivity contribution in [1.29, 1.82) is 0 Å². The molecule has 24 heavy (non-hydrogen) atoms. The molecule has 0 radical (unpaired) electrons. The van der Waals surface area contributed by atoms with Crippen LogP contribution in [0, 0.1) is 6.92 Å². The van der Waals surface area contributed by atoms with Crippen LogP contribution in [-0.2, 0) is 16.0 Å². The number of benzene rings is 2. The molecule has 1 aromatic heterocycles.